The zero-order valence-electron chi connectivity index (χ0n) is 14.0. The van der Waals surface area contributed by atoms with Crippen LogP contribution < -0.4 is 10.1 Å². The van der Waals surface area contributed by atoms with Crippen LogP contribution in [0.5, 0.6) is 5.75 Å². The maximum atomic E-state index is 12.1. The molecule has 1 unspecified atom stereocenters. The molecule has 1 aromatic heterocycles. The van der Waals surface area contributed by atoms with E-state index in [1.807, 2.05) is 14.1 Å². The van der Waals surface area contributed by atoms with Gasteiger partial charge in [-0.25, -0.2) is 0 Å². The number of likely N-dealkylation sites (N-methyl/N-ethyl adjacent to an activating group) is 1. The van der Waals surface area contributed by atoms with Gasteiger partial charge in [-0.1, -0.05) is 34.8 Å². The molecule has 2 aromatic rings. The Bertz CT molecular complexity index is 740. The maximum Gasteiger partial charge on any atom is 0.289 e. The highest BCUT2D eigenvalue weighted by molar-refractivity contribution is 6.68. The van der Waals surface area contributed by atoms with Crippen LogP contribution in [0.2, 0.25) is 0 Å². The molecule has 26 heavy (non-hydrogen) atoms. The van der Waals surface area contributed by atoms with Crippen molar-refractivity contribution in [3.63, 3.8) is 0 Å². The van der Waals surface area contributed by atoms with E-state index in [-0.39, 0.29) is 18.1 Å². The van der Waals surface area contributed by atoms with Crippen LogP contribution in [0.4, 0.5) is 0 Å². The highest BCUT2D eigenvalue weighted by Crippen LogP contribution is 2.32. The third-order valence-electron chi connectivity index (χ3n) is 3.19. The molecule has 0 spiro atoms. The number of carbonyl (C=O) groups excluding carboxylic acids is 2. The van der Waals surface area contributed by atoms with Crippen molar-refractivity contribution in [1.29, 1.82) is 0 Å². The Labute approximate surface area is 165 Å². The standard InChI is InChI=1S/C17H17Cl3N2O4/c1-22(2)10-13(23)11-5-7-12(8-6-11)26-16(17(18,19)20)21-15(24)14-4-3-9-25-14/h3-9,16H,10H2,1-2H3,(H,21,24). The molecule has 1 heterocycles. The Hall–Kier alpha value is -1.73. The van der Waals surface area contributed by atoms with Gasteiger partial charge in [-0.05, 0) is 50.5 Å². The number of Topliss-reactive ketones (excluding diaryl/α,β-unsaturated/α-hetero) is 1. The van der Waals surface area contributed by atoms with Gasteiger partial charge in [-0.15, -0.1) is 0 Å². The van der Waals surface area contributed by atoms with Crippen molar-refractivity contribution in [3.05, 3.63) is 54.0 Å². The Morgan fingerprint density at radius 3 is 2.35 bits per heavy atom. The lowest BCUT2D eigenvalue weighted by molar-refractivity contribution is 0.0805. The molecule has 0 radical (unpaired) electrons. The molecule has 1 N–H and O–H groups in total. The van der Waals surface area contributed by atoms with Crippen molar-refractivity contribution in [2.45, 2.75) is 10.0 Å². The Morgan fingerprint density at radius 2 is 1.85 bits per heavy atom. The fourth-order valence-corrected chi connectivity index (χ4v) is 2.31. The highest BCUT2D eigenvalue weighted by atomic mass is 35.6. The number of hydrogen-bond acceptors (Lipinski definition) is 5. The molecule has 9 heteroatoms. The fraction of sp³-hybridized carbons (Fsp3) is 0.294. The normalized spacial score (nSPS) is 12.7. The average molecular weight is 420 g/mol. The van der Waals surface area contributed by atoms with Crippen molar-refractivity contribution in [2.24, 2.45) is 0 Å². The van der Waals surface area contributed by atoms with Crippen molar-refractivity contribution < 1.29 is 18.7 Å². The molecule has 140 valence electrons. The zero-order valence-corrected chi connectivity index (χ0v) is 16.3. The van der Waals surface area contributed by atoms with Gasteiger partial charge in [-0.2, -0.15) is 0 Å². The molecule has 1 amide bonds. The SMILES string of the molecule is CN(C)CC(=O)c1ccc(OC(NC(=O)c2ccco2)C(Cl)(Cl)Cl)cc1. The first-order chi connectivity index (χ1) is 12.2. The number of benzene rings is 1. The van der Waals surface area contributed by atoms with Crippen LogP contribution in [0.1, 0.15) is 20.9 Å². The van der Waals surface area contributed by atoms with E-state index in [9.17, 15) is 9.59 Å². The van der Waals surface area contributed by atoms with E-state index in [0.717, 1.165) is 0 Å². The number of rotatable bonds is 7. The highest BCUT2D eigenvalue weighted by Gasteiger charge is 2.36. The molecule has 0 bridgehead atoms. The zero-order chi connectivity index (χ0) is 19.3. The molecule has 0 aliphatic rings. The van der Waals surface area contributed by atoms with Crippen molar-refractivity contribution in [3.8, 4) is 5.75 Å². The van der Waals surface area contributed by atoms with Gasteiger partial charge in [0.25, 0.3) is 5.91 Å². The maximum absolute atomic E-state index is 12.1. The van der Waals surface area contributed by atoms with Crippen LogP contribution in [-0.2, 0) is 0 Å². The molecular formula is C17H17Cl3N2O4. The second-order valence-electron chi connectivity index (χ2n) is 5.68. The van der Waals surface area contributed by atoms with Crippen LogP contribution in [0.25, 0.3) is 0 Å². The first kappa shape index (κ1) is 20.6. The van der Waals surface area contributed by atoms with Crippen LogP contribution in [0, 0.1) is 0 Å². The summed E-state index contributed by atoms with van der Waals surface area (Å²) < 4.78 is 8.64. The summed E-state index contributed by atoms with van der Waals surface area (Å²) >= 11 is 17.7. The smallest absolute Gasteiger partial charge is 0.289 e. The van der Waals surface area contributed by atoms with Gasteiger partial charge in [-0.3, -0.25) is 9.59 Å². The predicted molar refractivity (Wildman–Crippen MR) is 100 cm³/mol. The summed E-state index contributed by atoms with van der Waals surface area (Å²) in [6.45, 7) is 0.288. The molecular weight excluding hydrogens is 403 g/mol. The Kier molecular flexibility index (Phi) is 6.94. The van der Waals surface area contributed by atoms with Gasteiger partial charge in [0.2, 0.25) is 10.0 Å². The minimum absolute atomic E-state index is 0.0365. The number of nitrogens with one attached hydrogen (secondary N) is 1. The van der Waals surface area contributed by atoms with E-state index in [1.165, 1.54) is 12.3 Å². The molecule has 1 atom stereocenters. The first-order valence-corrected chi connectivity index (χ1v) is 8.66. The molecule has 0 saturated heterocycles. The van der Waals surface area contributed by atoms with Gasteiger partial charge in [0.15, 0.2) is 11.5 Å². The summed E-state index contributed by atoms with van der Waals surface area (Å²) in [7, 11) is 3.62. The number of ether oxygens (including phenoxy) is 1. The first-order valence-electron chi connectivity index (χ1n) is 7.52. The number of furan rings is 1. The molecule has 0 fully saturated rings. The quantitative estimate of drug-likeness (QED) is 0.422. The number of alkyl halides is 3. The lowest BCUT2D eigenvalue weighted by Crippen LogP contribution is -2.47. The second-order valence-corrected chi connectivity index (χ2v) is 8.04. The molecule has 2 rings (SSSR count). The number of amides is 1. The van der Waals surface area contributed by atoms with Crippen LogP contribution in [0.3, 0.4) is 0 Å². The van der Waals surface area contributed by atoms with Crippen molar-refractivity contribution in [1.82, 2.24) is 10.2 Å². The average Bonchev–Trinajstić information content (AvgIpc) is 3.07. The van der Waals surface area contributed by atoms with Crippen LogP contribution in [0.15, 0.2) is 47.1 Å². The summed E-state index contributed by atoms with van der Waals surface area (Å²) in [5.74, 6) is -0.255. The van der Waals surface area contributed by atoms with E-state index in [0.29, 0.717) is 11.3 Å². The van der Waals surface area contributed by atoms with E-state index in [2.05, 4.69) is 5.32 Å². The number of nitrogens with zero attached hydrogens (tertiary/aromatic N) is 1. The minimum Gasteiger partial charge on any atom is -0.466 e. The van der Waals surface area contributed by atoms with Gasteiger partial charge in [0, 0.05) is 5.56 Å². The molecule has 0 saturated carbocycles. The third-order valence-corrected chi connectivity index (χ3v) is 3.79. The molecule has 0 aliphatic carbocycles. The second kappa shape index (κ2) is 8.77. The van der Waals surface area contributed by atoms with E-state index in [1.54, 1.807) is 35.2 Å². The largest absolute Gasteiger partial charge is 0.466 e. The Morgan fingerprint density at radius 1 is 1.19 bits per heavy atom. The summed E-state index contributed by atoms with van der Waals surface area (Å²) in [5, 5.41) is 2.45. The van der Waals surface area contributed by atoms with Gasteiger partial charge < -0.3 is 19.4 Å². The Balaban J connectivity index is 2.08. The van der Waals surface area contributed by atoms with Gasteiger partial charge in [0.05, 0.1) is 12.8 Å². The minimum atomic E-state index is -1.93. The number of carbonyl (C=O) groups is 2. The lowest BCUT2D eigenvalue weighted by atomic mass is 10.1. The fourth-order valence-electron chi connectivity index (χ4n) is 2.01. The van der Waals surface area contributed by atoms with Crippen LogP contribution >= 0.6 is 34.8 Å². The molecule has 6 nitrogen and oxygen atoms in total. The topological polar surface area (TPSA) is 71.8 Å². The molecule has 0 aliphatic heterocycles. The number of halogens is 3. The van der Waals surface area contributed by atoms with E-state index < -0.39 is 15.9 Å². The van der Waals surface area contributed by atoms with Crippen molar-refractivity contribution in [2.75, 3.05) is 20.6 Å². The summed E-state index contributed by atoms with van der Waals surface area (Å²) in [5.41, 5.74) is 0.524. The molecule has 1 aromatic carbocycles. The van der Waals surface area contributed by atoms with Crippen LogP contribution in [-0.4, -0.2) is 47.3 Å². The number of ketones is 1. The lowest BCUT2D eigenvalue weighted by Gasteiger charge is -2.26. The predicted octanol–water partition coefficient (Wildman–Crippen LogP) is 3.53. The summed E-state index contributed by atoms with van der Waals surface area (Å²) in [6, 6.07) is 9.35. The van der Waals surface area contributed by atoms with Gasteiger partial charge in [0.1, 0.15) is 5.75 Å². The summed E-state index contributed by atoms with van der Waals surface area (Å²) in [4.78, 5) is 25.9. The van der Waals surface area contributed by atoms with E-state index >= 15 is 0 Å². The third kappa shape index (κ3) is 5.92. The number of hydrogen-bond donors (Lipinski definition) is 1. The van der Waals surface area contributed by atoms with E-state index in [4.69, 9.17) is 44.0 Å². The summed E-state index contributed by atoms with van der Waals surface area (Å²) in [6.07, 6.45) is 0.0808. The van der Waals surface area contributed by atoms with Gasteiger partial charge >= 0.3 is 0 Å². The monoisotopic (exact) mass is 418 g/mol. The van der Waals surface area contributed by atoms with Crippen molar-refractivity contribution >= 4 is 46.5 Å².